The van der Waals surface area contributed by atoms with Gasteiger partial charge in [0.1, 0.15) is 0 Å². The molecule has 0 bridgehead atoms. The molecule has 0 unspecified atom stereocenters. The molecular formula is C30H24F28N8O4. The molecule has 3 heterocycles. The zero-order chi connectivity index (χ0) is 54.2. The summed E-state index contributed by atoms with van der Waals surface area (Å²) in [6.45, 7) is -10.0. The van der Waals surface area contributed by atoms with E-state index in [1.165, 1.54) is 0 Å². The van der Waals surface area contributed by atoms with Crippen LogP contribution in [0.4, 0.5) is 135 Å². The van der Waals surface area contributed by atoms with Crippen molar-refractivity contribution in [2.75, 3.05) is 62.4 Å². The summed E-state index contributed by atoms with van der Waals surface area (Å²) < 4.78 is 386. The first-order chi connectivity index (χ1) is 31.2. The predicted octanol–water partition coefficient (Wildman–Crippen LogP) is 9.79. The largest absolute Gasteiger partial charge is 0.463 e. The van der Waals surface area contributed by atoms with E-state index in [-0.39, 0.29) is 0 Å². The number of nitrogens with zero attached hydrogens (tertiary/aromatic N) is 8. The van der Waals surface area contributed by atoms with Crippen molar-refractivity contribution in [2.45, 2.75) is 97.8 Å². The molecule has 2 aromatic heterocycles. The third-order valence-electron chi connectivity index (χ3n) is 8.86. The van der Waals surface area contributed by atoms with E-state index in [4.69, 9.17) is 0 Å². The molecule has 0 aliphatic carbocycles. The van der Waals surface area contributed by atoms with Crippen LogP contribution < -0.4 is 28.7 Å². The van der Waals surface area contributed by atoms with Gasteiger partial charge in [0.2, 0.25) is 11.9 Å². The van der Waals surface area contributed by atoms with Crippen molar-refractivity contribution in [1.29, 1.82) is 0 Å². The van der Waals surface area contributed by atoms with Crippen molar-refractivity contribution in [3.63, 3.8) is 0 Å². The summed E-state index contributed by atoms with van der Waals surface area (Å²) in [5.41, 5.74) is 0. The Bertz CT molecular complexity index is 1790. The van der Waals surface area contributed by atoms with Gasteiger partial charge >= 0.3 is 96.1 Å². The molecule has 12 nitrogen and oxygen atoms in total. The second kappa shape index (κ2) is 19.8. The van der Waals surface area contributed by atoms with Crippen LogP contribution in [-0.4, -0.2) is 155 Å². The summed E-state index contributed by atoms with van der Waals surface area (Å²) in [4.78, 5) is 21.9. The standard InChI is InChI=1S/C30H24F28N8O4/c31-19(32,23(39,40)27(47,48)49)1-9-67-15-59-13(60-16(63-15)68-10-2-20(33,34)24(41,42)28(50,51)52)65-5-7-66(8-6-65)14-61-17(69-11-3-21(35,36)25(43,44)29(53,54)55)64-18(62-14)70-12-4-22(37,38)26(45,46)30(56,57)58/h1-12H2. The van der Waals surface area contributed by atoms with Gasteiger partial charge in [-0.2, -0.15) is 143 Å². The third-order valence-corrected chi connectivity index (χ3v) is 8.86. The fourth-order valence-electron chi connectivity index (χ4n) is 4.84. The number of halogens is 28. The van der Waals surface area contributed by atoms with E-state index in [9.17, 15) is 123 Å². The average molecular weight is 1090 g/mol. The molecule has 2 aromatic rings. The van der Waals surface area contributed by atoms with Crippen molar-refractivity contribution in [3.8, 4) is 24.0 Å². The highest BCUT2D eigenvalue weighted by Gasteiger charge is 2.75. The molecule has 1 aliphatic heterocycles. The number of rotatable bonds is 22. The van der Waals surface area contributed by atoms with Crippen LogP contribution in [0.2, 0.25) is 0 Å². The summed E-state index contributed by atoms with van der Waals surface area (Å²) in [6, 6.07) is -5.67. The van der Waals surface area contributed by atoms with Gasteiger partial charge in [0.15, 0.2) is 0 Å². The van der Waals surface area contributed by atoms with Gasteiger partial charge in [0, 0.05) is 26.2 Å². The Hall–Kier alpha value is -5.14. The zero-order valence-electron chi connectivity index (χ0n) is 33.3. The van der Waals surface area contributed by atoms with Gasteiger partial charge in [-0.3, -0.25) is 0 Å². The van der Waals surface area contributed by atoms with Crippen molar-refractivity contribution in [2.24, 2.45) is 0 Å². The van der Waals surface area contributed by atoms with E-state index in [0.29, 0.717) is 0 Å². The average Bonchev–Trinajstić information content (AvgIpc) is 3.18. The molecule has 40 heteroatoms. The summed E-state index contributed by atoms with van der Waals surface area (Å²) in [5.74, 6) is -52.3. The lowest BCUT2D eigenvalue weighted by molar-refractivity contribution is -0.356. The molecule has 3 rings (SSSR count). The first-order valence-electron chi connectivity index (χ1n) is 18.1. The molecule has 70 heavy (non-hydrogen) atoms. The smallest absolute Gasteiger partial charge is 0.459 e. The van der Waals surface area contributed by atoms with Crippen molar-refractivity contribution < 1.29 is 142 Å². The minimum atomic E-state index is -6.83. The first-order valence-corrected chi connectivity index (χ1v) is 18.1. The van der Waals surface area contributed by atoms with Crippen LogP contribution in [0.25, 0.3) is 0 Å². The van der Waals surface area contributed by atoms with E-state index in [1.807, 2.05) is 0 Å². The molecule has 1 saturated heterocycles. The summed E-state index contributed by atoms with van der Waals surface area (Å²) in [6.07, 6.45) is -37.2. The topological polar surface area (TPSA) is 121 Å². The van der Waals surface area contributed by atoms with Gasteiger partial charge in [0.25, 0.3) is 0 Å². The third kappa shape index (κ3) is 12.8. The Morgan fingerprint density at radius 3 is 0.614 bits per heavy atom. The molecule has 0 radical (unpaired) electrons. The summed E-state index contributed by atoms with van der Waals surface area (Å²) in [5, 5.41) is 0. The Labute approximate surface area is 368 Å². The van der Waals surface area contributed by atoms with Crippen LogP contribution >= 0.6 is 0 Å². The molecule has 0 spiro atoms. The SMILES string of the molecule is FC(F)(F)C(F)(F)C(F)(F)CCOc1nc(OCCC(F)(F)C(F)(F)C(F)(F)F)nc(N2CCN(c3nc(OCCC(F)(F)C(F)(F)C(F)(F)F)nc(OCCC(F)(F)C(F)(F)C(F)(F)F)n3)CC2)n1. The zero-order valence-corrected chi connectivity index (χ0v) is 33.3. The lowest BCUT2D eigenvalue weighted by Gasteiger charge is -2.34. The highest BCUT2D eigenvalue weighted by molar-refractivity contribution is 5.39. The molecule has 0 saturated carbocycles. The van der Waals surface area contributed by atoms with E-state index in [1.54, 1.807) is 0 Å². The van der Waals surface area contributed by atoms with Gasteiger partial charge in [-0.05, 0) is 0 Å². The van der Waals surface area contributed by atoms with Gasteiger partial charge in [-0.1, -0.05) is 0 Å². The van der Waals surface area contributed by atoms with Gasteiger partial charge in [-0.25, -0.2) is 0 Å². The molecule has 0 N–H and O–H groups in total. The van der Waals surface area contributed by atoms with Gasteiger partial charge < -0.3 is 28.7 Å². The van der Waals surface area contributed by atoms with Crippen LogP contribution in [0.3, 0.4) is 0 Å². The highest BCUT2D eigenvalue weighted by Crippen LogP contribution is 2.51. The maximum atomic E-state index is 13.8. The highest BCUT2D eigenvalue weighted by atomic mass is 19.5. The second-order valence-corrected chi connectivity index (χ2v) is 13.9. The number of anilines is 2. The number of ether oxygens (including phenoxy) is 4. The predicted molar refractivity (Wildman–Crippen MR) is 168 cm³/mol. The fourth-order valence-corrected chi connectivity index (χ4v) is 4.84. The number of alkyl halides is 28. The minimum absolute atomic E-state index is 0.649. The van der Waals surface area contributed by atoms with E-state index in [0.717, 1.165) is 9.80 Å². The monoisotopic (exact) mass is 1090 g/mol. The molecule has 1 aliphatic rings. The Morgan fingerprint density at radius 2 is 0.457 bits per heavy atom. The van der Waals surface area contributed by atoms with E-state index < -0.39 is 186 Å². The van der Waals surface area contributed by atoms with E-state index >= 15 is 0 Å². The molecule has 1 fully saturated rings. The van der Waals surface area contributed by atoms with Crippen LogP contribution in [0, 0.1) is 0 Å². The summed E-state index contributed by atoms with van der Waals surface area (Å²) in [7, 11) is 0. The fraction of sp³-hybridized carbons (Fsp3) is 0.800. The van der Waals surface area contributed by atoms with Gasteiger partial charge in [-0.15, -0.1) is 9.97 Å². The van der Waals surface area contributed by atoms with E-state index in [2.05, 4.69) is 48.9 Å². The van der Waals surface area contributed by atoms with Crippen LogP contribution in [0.15, 0.2) is 0 Å². The van der Waals surface area contributed by atoms with Crippen molar-refractivity contribution in [3.05, 3.63) is 0 Å². The Kier molecular flexibility index (Phi) is 16.7. The minimum Gasteiger partial charge on any atom is -0.463 e. The number of piperazine rings is 1. The molecule has 0 atom stereocenters. The molecular weight excluding hydrogens is 1070 g/mol. The van der Waals surface area contributed by atoms with Crippen LogP contribution in [-0.2, 0) is 0 Å². The molecule has 0 amide bonds. The van der Waals surface area contributed by atoms with Crippen LogP contribution in [0.1, 0.15) is 25.7 Å². The molecule has 0 aromatic carbocycles. The number of hydrogen-bond donors (Lipinski definition) is 0. The Morgan fingerprint density at radius 1 is 0.286 bits per heavy atom. The lowest BCUT2D eigenvalue weighted by Crippen LogP contribution is -2.52. The number of hydrogen-bond acceptors (Lipinski definition) is 12. The van der Waals surface area contributed by atoms with Crippen molar-refractivity contribution in [1.82, 2.24) is 29.9 Å². The number of aromatic nitrogens is 6. The Balaban J connectivity index is 1.93. The normalized spacial score (nSPS) is 15.9. The van der Waals surface area contributed by atoms with Gasteiger partial charge in [0.05, 0.1) is 52.1 Å². The summed E-state index contributed by atoms with van der Waals surface area (Å²) >= 11 is 0. The first kappa shape index (κ1) is 59.2. The quantitative estimate of drug-likeness (QED) is 0.104. The van der Waals surface area contributed by atoms with Crippen molar-refractivity contribution >= 4 is 11.9 Å². The van der Waals surface area contributed by atoms with Crippen LogP contribution in [0.5, 0.6) is 24.0 Å². The maximum absolute atomic E-state index is 13.8. The second-order valence-electron chi connectivity index (χ2n) is 13.9. The maximum Gasteiger partial charge on any atom is 0.459 e. The molecule has 404 valence electrons. The lowest BCUT2D eigenvalue weighted by atomic mass is 10.1.